The van der Waals surface area contributed by atoms with Gasteiger partial charge in [-0.1, -0.05) is 12.1 Å². The maximum atomic E-state index is 5.92. The van der Waals surface area contributed by atoms with E-state index in [9.17, 15) is 0 Å². The van der Waals surface area contributed by atoms with Crippen LogP contribution in [0, 0.1) is 0 Å². The second kappa shape index (κ2) is 5.84. The lowest BCUT2D eigenvalue weighted by Gasteiger charge is -2.00. The fourth-order valence-electron chi connectivity index (χ4n) is 2.37. The van der Waals surface area contributed by atoms with Gasteiger partial charge in [0, 0.05) is 28.7 Å². The van der Waals surface area contributed by atoms with Gasteiger partial charge in [0.25, 0.3) is 0 Å². The largest absolute Gasteiger partial charge is 0.380 e. The number of hydrogen-bond acceptors (Lipinski definition) is 7. The molecular weight excluding hydrogens is 304 g/mol. The van der Waals surface area contributed by atoms with E-state index in [2.05, 4.69) is 35.6 Å². The number of nitrogens with two attached hydrogens (primary N) is 1. The lowest BCUT2D eigenvalue weighted by atomic mass is 10.2. The second-order valence-corrected chi connectivity index (χ2v) is 5.04. The highest BCUT2D eigenvalue weighted by Crippen LogP contribution is 2.34. The minimum atomic E-state index is 0.283. The Morgan fingerprint density at radius 2 is 1.79 bits per heavy atom. The van der Waals surface area contributed by atoms with Gasteiger partial charge in [-0.2, -0.15) is 15.3 Å². The van der Waals surface area contributed by atoms with Crippen LogP contribution in [-0.4, -0.2) is 25.4 Å². The number of pyridine rings is 1. The van der Waals surface area contributed by atoms with Gasteiger partial charge in [-0.25, -0.2) is 0 Å². The molecule has 0 fully saturated rings. The maximum Gasteiger partial charge on any atom is 0.173 e. The average Bonchev–Trinajstić information content (AvgIpc) is 3.01. The molecule has 0 unspecified atom stereocenters. The molecule has 0 spiro atoms. The summed E-state index contributed by atoms with van der Waals surface area (Å²) in [6, 6.07) is 9.38. The quantitative estimate of drug-likeness (QED) is 0.561. The first-order chi connectivity index (χ1) is 11.8. The van der Waals surface area contributed by atoms with Gasteiger partial charge in [-0.3, -0.25) is 10.1 Å². The molecule has 0 radical (unpaired) electrons. The summed E-state index contributed by atoms with van der Waals surface area (Å²) in [7, 11) is 0. The second-order valence-electron chi connectivity index (χ2n) is 5.04. The molecule has 8 nitrogen and oxygen atoms in total. The number of benzene rings is 1. The number of fused-ring (bicyclic) bond motifs is 1. The number of hydrogen-bond donors (Lipinski definition) is 2. The Morgan fingerprint density at radius 1 is 0.958 bits per heavy atom. The van der Waals surface area contributed by atoms with Gasteiger partial charge in [-0.05, 0) is 18.2 Å². The van der Waals surface area contributed by atoms with E-state index in [-0.39, 0.29) is 5.82 Å². The summed E-state index contributed by atoms with van der Waals surface area (Å²) in [5, 5.41) is 25.1. The van der Waals surface area contributed by atoms with Gasteiger partial charge >= 0.3 is 0 Å². The molecule has 4 rings (SSSR count). The molecule has 0 aliphatic heterocycles. The summed E-state index contributed by atoms with van der Waals surface area (Å²) < 4.78 is 0. The Hall–Kier alpha value is -3.68. The normalized spacial score (nSPS) is 11.3. The molecule has 24 heavy (non-hydrogen) atoms. The van der Waals surface area contributed by atoms with Crippen LogP contribution in [0.5, 0.6) is 0 Å². The Morgan fingerprint density at radius 3 is 2.67 bits per heavy atom. The lowest BCUT2D eigenvalue weighted by Crippen LogP contribution is -1.83. The Labute approximate surface area is 136 Å². The number of aromatic nitrogens is 5. The summed E-state index contributed by atoms with van der Waals surface area (Å²) in [4.78, 5) is 4.00. The predicted molar refractivity (Wildman–Crippen MR) is 89.9 cm³/mol. The highest BCUT2D eigenvalue weighted by atomic mass is 15.2. The highest BCUT2D eigenvalue weighted by Gasteiger charge is 2.12. The molecule has 0 saturated heterocycles. The van der Waals surface area contributed by atoms with E-state index >= 15 is 0 Å². The SMILES string of the molecule is Nc1n[nH]c(-c2ccncc2)c1N=Nc1cccc2cnncc12. The van der Waals surface area contributed by atoms with Crippen LogP contribution in [0.1, 0.15) is 0 Å². The monoisotopic (exact) mass is 316 g/mol. The van der Waals surface area contributed by atoms with Crippen molar-refractivity contribution in [2.45, 2.75) is 0 Å². The first-order valence-corrected chi connectivity index (χ1v) is 7.18. The van der Waals surface area contributed by atoms with Gasteiger partial charge in [0.2, 0.25) is 0 Å². The number of anilines is 1. The topological polar surface area (TPSA) is 118 Å². The summed E-state index contributed by atoms with van der Waals surface area (Å²) in [6.45, 7) is 0. The standard InChI is InChI=1S/C16H12N8/c17-16-15(14(22-24-16)10-4-6-18-7-5-10)23-21-13-3-1-2-11-8-19-20-9-12(11)13/h1-9H,(H3,17,22,24). The maximum absolute atomic E-state index is 5.92. The van der Waals surface area contributed by atoms with Gasteiger partial charge in [-0.15, -0.1) is 10.2 Å². The molecule has 0 aliphatic rings. The van der Waals surface area contributed by atoms with Gasteiger partial charge < -0.3 is 5.73 Å². The van der Waals surface area contributed by atoms with Crippen molar-refractivity contribution in [1.29, 1.82) is 0 Å². The molecule has 8 heteroatoms. The smallest absolute Gasteiger partial charge is 0.173 e. The zero-order valence-electron chi connectivity index (χ0n) is 12.5. The van der Waals surface area contributed by atoms with Crippen molar-refractivity contribution in [3.8, 4) is 11.3 Å². The molecule has 0 atom stereocenters. The highest BCUT2D eigenvalue weighted by molar-refractivity contribution is 5.91. The van der Waals surface area contributed by atoms with Crippen LogP contribution in [0.25, 0.3) is 22.0 Å². The molecule has 3 aromatic heterocycles. The Bertz CT molecular complexity index is 1020. The molecule has 116 valence electrons. The molecule has 0 amide bonds. The molecule has 3 N–H and O–H groups in total. The molecule has 0 aliphatic carbocycles. The van der Waals surface area contributed by atoms with Gasteiger partial charge in [0.1, 0.15) is 0 Å². The molecular formula is C16H12N8. The van der Waals surface area contributed by atoms with Crippen LogP contribution in [0.2, 0.25) is 0 Å². The average molecular weight is 316 g/mol. The van der Waals surface area contributed by atoms with Crippen molar-refractivity contribution in [2.24, 2.45) is 10.2 Å². The summed E-state index contributed by atoms with van der Waals surface area (Å²) in [5.74, 6) is 0.283. The third-order valence-corrected chi connectivity index (χ3v) is 3.56. The van der Waals surface area contributed by atoms with Crippen LogP contribution in [-0.2, 0) is 0 Å². The number of azo groups is 1. The van der Waals surface area contributed by atoms with Crippen LogP contribution in [0.3, 0.4) is 0 Å². The van der Waals surface area contributed by atoms with E-state index in [1.165, 1.54) is 0 Å². The number of H-pyrrole nitrogens is 1. The van der Waals surface area contributed by atoms with Crippen molar-refractivity contribution in [3.63, 3.8) is 0 Å². The van der Waals surface area contributed by atoms with Crippen LogP contribution >= 0.6 is 0 Å². The van der Waals surface area contributed by atoms with E-state index in [0.717, 1.165) is 16.3 Å². The first-order valence-electron chi connectivity index (χ1n) is 7.18. The van der Waals surface area contributed by atoms with Crippen LogP contribution < -0.4 is 5.73 Å². The minimum Gasteiger partial charge on any atom is -0.380 e. The Kier molecular flexibility index (Phi) is 3.39. The van der Waals surface area contributed by atoms with Crippen LogP contribution in [0.4, 0.5) is 17.2 Å². The summed E-state index contributed by atoms with van der Waals surface area (Å²) in [5.41, 5.74) is 8.67. The third-order valence-electron chi connectivity index (χ3n) is 3.56. The van der Waals surface area contributed by atoms with Crippen molar-refractivity contribution in [3.05, 3.63) is 55.1 Å². The number of aromatic amines is 1. The van der Waals surface area contributed by atoms with E-state index in [4.69, 9.17) is 5.73 Å². The molecule has 4 aromatic rings. The zero-order chi connectivity index (χ0) is 16.4. The summed E-state index contributed by atoms with van der Waals surface area (Å²) in [6.07, 6.45) is 6.72. The van der Waals surface area contributed by atoms with E-state index in [1.807, 2.05) is 30.3 Å². The fraction of sp³-hybridized carbons (Fsp3) is 0. The van der Waals surface area contributed by atoms with Crippen molar-refractivity contribution < 1.29 is 0 Å². The number of nitrogens with zero attached hydrogens (tertiary/aromatic N) is 6. The van der Waals surface area contributed by atoms with E-state index in [1.54, 1.807) is 24.8 Å². The van der Waals surface area contributed by atoms with Crippen molar-refractivity contribution in [1.82, 2.24) is 25.4 Å². The van der Waals surface area contributed by atoms with Gasteiger partial charge in [0.05, 0.1) is 23.8 Å². The fourth-order valence-corrected chi connectivity index (χ4v) is 2.37. The number of nitrogens with one attached hydrogen (secondary N) is 1. The summed E-state index contributed by atoms with van der Waals surface area (Å²) >= 11 is 0. The van der Waals surface area contributed by atoms with E-state index < -0.39 is 0 Å². The zero-order valence-corrected chi connectivity index (χ0v) is 12.5. The minimum absolute atomic E-state index is 0.283. The molecule has 0 saturated carbocycles. The number of rotatable bonds is 3. The predicted octanol–water partition coefficient (Wildman–Crippen LogP) is 3.41. The Balaban J connectivity index is 1.78. The van der Waals surface area contributed by atoms with Crippen molar-refractivity contribution in [2.75, 3.05) is 5.73 Å². The van der Waals surface area contributed by atoms with Gasteiger partial charge in [0.15, 0.2) is 11.5 Å². The van der Waals surface area contributed by atoms with Crippen LogP contribution in [0.15, 0.2) is 65.3 Å². The third kappa shape index (κ3) is 2.45. The lowest BCUT2D eigenvalue weighted by molar-refractivity contribution is 1.05. The first kappa shape index (κ1) is 13.9. The van der Waals surface area contributed by atoms with Crippen molar-refractivity contribution >= 4 is 28.0 Å². The molecule has 3 heterocycles. The molecule has 1 aromatic carbocycles. The van der Waals surface area contributed by atoms with E-state index in [0.29, 0.717) is 17.1 Å². The molecule has 0 bridgehead atoms. The number of nitrogen functional groups attached to an aromatic ring is 1.